The van der Waals surface area contributed by atoms with E-state index in [1.54, 1.807) is 18.2 Å². The minimum absolute atomic E-state index is 0.456. The monoisotopic (exact) mass is 280 g/mol. The largest absolute Gasteiger partial charge is 0.384 e. The van der Waals surface area contributed by atoms with Crippen LogP contribution < -0.4 is 0 Å². The Kier molecular flexibility index (Phi) is 3.96. The number of hydrogen-bond donors (Lipinski definition) is 1. The summed E-state index contributed by atoms with van der Waals surface area (Å²) in [5.41, 5.74) is 3.87. The minimum Gasteiger partial charge on any atom is -0.384 e. The molecule has 94 valence electrons. The molecule has 0 aliphatic heterocycles. The van der Waals surface area contributed by atoms with Crippen LogP contribution >= 0.6 is 23.2 Å². The maximum absolute atomic E-state index is 10.4. The van der Waals surface area contributed by atoms with Gasteiger partial charge in [0.05, 0.1) is 10.0 Å². The molecule has 1 N–H and O–H groups in total. The van der Waals surface area contributed by atoms with Crippen molar-refractivity contribution in [2.45, 2.75) is 20.0 Å². The Morgan fingerprint density at radius 1 is 0.833 bits per heavy atom. The molecule has 3 heteroatoms. The number of aryl methyl sites for hydroxylation is 2. The highest BCUT2D eigenvalue weighted by Gasteiger charge is 2.12. The Bertz CT molecular complexity index is 558. The second-order valence-corrected chi connectivity index (χ2v) is 5.31. The molecule has 2 aromatic carbocycles. The standard InChI is InChI=1S/C15H14Cl2O/c1-9-5-10(2)7-12(6-9)15(18)11-3-4-13(16)14(17)8-11/h3-8,15,18H,1-2H3. The summed E-state index contributed by atoms with van der Waals surface area (Å²) in [5, 5.41) is 11.3. The first kappa shape index (κ1) is 13.4. The summed E-state index contributed by atoms with van der Waals surface area (Å²) in [6.07, 6.45) is -0.682. The molecule has 0 amide bonds. The maximum Gasteiger partial charge on any atom is 0.104 e. The van der Waals surface area contributed by atoms with Crippen LogP contribution in [0.4, 0.5) is 0 Å². The van der Waals surface area contributed by atoms with E-state index in [-0.39, 0.29) is 0 Å². The molecule has 0 radical (unpaired) electrons. The molecule has 1 atom stereocenters. The van der Waals surface area contributed by atoms with Crippen molar-refractivity contribution >= 4 is 23.2 Å². The van der Waals surface area contributed by atoms with Crippen LogP contribution in [0.1, 0.15) is 28.4 Å². The second-order valence-electron chi connectivity index (χ2n) is 4.50. The maximum atomic E-state index is 10.4. The fourth-order valence-electron chi connectivity index (χ4n) is 2.04. The van der Waals surface area contributed by atoms with Crippen molar-refractivity contribution in [3.63, 3.8) is 0 Å². The summed E-state index contributed by atoms with van der Waals surface area (Å²) in [7, 11) is 0. The normalized spacial score (nSPS) is 12.5. The first-order valence-corrected chi connectivity index (χ1v) is 6.44. The van der Waals surface area contributed by atoms with Gasteiger partial charge in [-0.15, -0.1) is 0 Å². The number of rotatable bonds is 2. The average Bonchev–Trinajstić information content (AvgIpc) is 2.30. The van der Waals surface area contributed by atoms with Gasteiger partial charge in [0.25, 0.3) is 0 Å². The summed E-state index contributed by atoms with van der Waals surface area (Å²) in [5.74, 6) is 0. The van der Waals surface area contributed by atoms with Gasteiger partial charge in [-0.25, -0.2) is 0 Å². The molecular weight excluding hydrogens is 267 g/mol. The Labute approximate surface area is 117 Å². The van der Waals surface area contributed by atoms with Gasteiger partial charge in [-0.2, -0.15) is 0 Å². The van der Waals surface area contributed by atoms with Gasteiger partial charge < -0.3 is 5.11 Å². The molecule has 0 fully saturated rings. The number of hydrogen-bond acceptors (Lipinski definition) is 1. The molecule has 0 aliphatic rings. The molecule has 1 nitrogen and oxygen atoms in total. The third-order valence-electron chi connectivity index (χ3n) is 2.82. The van der Waals surface area contributed by atoms with E-state index in [9.17, 15) is 5.11 Å². The third-order valence-corrected chi connectivity index (χ3v) is 3.56. The smallest absolute Gasteiger partial charge is 0.104 e. The summed E-state index contributed by atoms with van der Waals surface area (Å²) in [6, 6.07) is 11.2. The molecule has 0 saturated heterocycles. The molecule has 0 heterocycles. The van der Waals surface area contributed by atoms with Crippen molar-refractivity contribution in [2.75, 3.05) is 0 Å². The van der Waals surface area contributed by atoms with E-state index < -0.39 is 6.10 Å². The van der Waals surface area contributed by atoms with Crippen molar-refractivity contribution in [1.82, 2.24) is 0 Å². The molecule has 2 rings (SSSR count). The van der Waals surface area contributed by atoms with E-state index in [1.165, 1.54) is 0 Å². The van der Waals surface area contributed by atoms with Gasteiger partial charge in [0.1, 0.15) is 6.10 Å². The summed E-state index contributed by atoms with van der Waals surface area (Å²) < 4.78 is 0. The van der Waals surface area contributed by atoms with E-state index in [2.05, 4.69) is 6.07 Å². The van der Waals surface area contributed by atoms with Crippen LogP contribution in [0, 0.1) is 13.8 Å². The highest BCUT2D eigenvalue weighted by atomic mass is 35.5. The van der Waals surface area contributed by atoms with E-state index >= 15 is 0 Å². The fourth-order valence-corrected chi connectivity index (χ4v) is 2.35. The molecule has 0 spiro atoms. The molecular formula is C15H14Cl2O. The first-order valence-electron chi connectivity index (χ1n) is 5.68. The molecule has 2 aromatic rings. The Hall–Kier alpha value is -1.02. The van der Waals surface area contributed by atoms with Crippen molar-refractivity contribution in [3.8, 4) is 0 Å². The molecule has 0 saturated carbocycles. The van der Waals surface area contributed by atoms with Crippen LogP contribution in [0.2, 0.25) is 10.0 Å². The second kappa shape index (κ2) is 5.31. The number of aliphatic hydroxyl groups excluding tert-OH is 1. The SMILES string of the molecule is Cc1cc(C)cc(C(O)c2ccc(Cl)c(Cl)c2)c1. The highest BCUT2D eigenvalue weighted by Crippen LogP contribution is 2.29. The van der Waals surface area contributed by atoms with Crippen LogP contribution in [-0.4, -0.2) is 5.11 Å². The molecule has 18 heavy (non-hydrogen) atoms. The van der Waals surface area contributed by atoms with E-state index in [0.29, 0.717) is 10.0 Å². The minimum atomic E-state index is -0.682. The average molecular weight is 281 g/mol. The van der Waals surface area contributed by atoms with Gasteiger partial charge in [-0.05, 0) is 37.1 Å². The zero-order chi connectivity index (χ0) is 13.3. The predicted molar refractivity (Wildman–Crippen MR) is 76.4 cm³/mol. The van der Waals surface area contributed by atoms with Crippen molar-refractivity contribution in [2.24, 2.45) is 0 Å². The Morgan fingerprint density at radius 2 is 1.44 bits per heavy atom. The van der Waals surface area contributed by atoms with Gasteiger partial charge in [0.2, 0.25) is 0 Å². The zero-order valence-electron chi connectivity index (χ0n) is 10.2. The number of halogens is 2. The van der Waals surface area contributed by atoms with Crippen LogP contribution in [0.15, 0.2) is 36.4 Å². The molecule has 0 bridgehead atoms. The predicted octanol–water partition coefficient (Wildman–Crippen LogP) is 4.69. The van der Waals surface area contributed by atoms with Gasteiger partial charge in [-0.3, -0.25) is 0 Å². The third kappa shape index (κ3) is 2.86. The molecule has 0 aliphatic carbocycles. The van der Waals surface area contributed by atoms with E-state index in [1.807, 2.05) is 26.0 Å². The highest BCUT2D eigenvalue weighted by molar-refractivity contribution is 6.42. The molecule has 1 unspecified atom stereocenters. The number of aliphatic hydroxyl groups is 1. The lowest BCUT2D eigenvalue weighted by atomic mass is 9.98. The van der Waals surface area contributed by atoms with Crippen LogP contribution in [-0.2, 0) is 0 Å². The van der Waals surface area contributed by atoms with Gasteiger partial charge >= 0.3 is 0 Å². The summed E-state index contributed by atoms with van der Waals surface area (Å²) in [4.78, 5) is 0. The van der Waals surface area contributed by atoms with Crippen molar-refractivity contribution < 1.29 is 5.11 Å². The van der Waals surface area contributed by atoms with E-state index in [0.717, 1.165) is 22.3 Å². The van der Waals surface area contributed by atoms with Crippen LogP contribution in [0.5, 0.6) is 0 Å². The quantitative estimate of drug-likeness (QED) is 0.846. The summed E-state index contributed by atoms with van der Waals surface area (Å²) in [6.45, 7) is 4.02. The van der Waals surface area contributed by atoms with Crippen LogP contribution in [0.3, 0.4) is 0 Å². The molecule has 0 aromatic heterocycles. The van der Waals surface area contributed by atoms with Crippen LogP contribution in [0.25, 0.3) is 0 Å². The summed E-state index contributed by atoms with van der Waals surface area (Å²) >= 11 is 11.8. The van der Waals surface area contributed by atoms with Gasteiger partial charge in [0.15, 0.2) is 0 Å². The zero-order valence-corrected chi connectivity index (χ0v) is 11.8. The van der Waals surface area contributed by atoms with Crippen molar-refractivity contribution in [3.05, 3.63) is 68.7 Å². The van der Waals surface area contributed by atoms with E-state index in [4.69, 9.17) is 23.2 Å². The Morgan fingerprint density at radius 3 is 2.00 bits per heavy atom. The van der Waals surface area contributed by atoms with Crippen molar-refractivity contribution in [1.29, 1.82) is 0 Å². The fraction of sp³-hybridized carbons (Fsp3) is 0.200. The Balaban J connectivity index is 2.40. The van der Waals surface area contributed by atoms with Gasteiger partial charge in [0, 0.05) is 0 Å². The van der Waals surface area contributed by atoms with Gasteiger partial charge in [-0.1, -0.05) is 58.6 Å². The number of benzene rings is 2. The first-order chi connectivity index (χ1) is 8.47. The lowest BCUT2D eigenvalue weighted by Gasteiger charge is -2.14. The topological polar surface area (TPSA) is 20.2 Å². The lowest BCUT2D eigenvalue weighted by molar-refractivity contribution is 0.220. The lowest BCUT2D eigenvalue weighted by Crippen LogP contribution is -2.00.